The van der Waals surface area contributed by atoms with Crippen molar-refractivity contribution in [2.24, 2.45) is 0 Å². The molecule has 1 rings (SSSR count). The minimum Gasteiger partial charge on any atom is -0.473 e. The van der Waals surface area contributed by atoms with Crippen LogP contribution in [0.1, 0.15) is 40.9 Å². The fourth-order valence-corrected chi connectivity index (χ4v) is 1.98. The molecule has 0 bridgehead atoms. The molecule has 1 heterocycles. The Morgan fingerprint density at radius 3 is 2.55 bits per heavy atom. The van der Waals surface area contributed by atoms with E-state index in [2.05, 4.69) is 27.2 Å². The van der Waals surface area contributed by atoms with Gasteiger partial charge < -0.3 is 14.9 Å². The molecule has 0 saturated carbocycles. The molecule has 2 N–H and O–H groups in total. The Labute approximate surface area is 120 Å². The average molecular weight is 299 g/mol. The number of rotatable bonds is 5. The van der Waals surface area contributed by atoms with Crippen molar-refractivity contribution >= 4 is 23.2 Å². The number of nitrogens with one attached hydrogen (secondary N) is 2. The molecule has 0 unspecified atom stereocenters. The minimum atomic E-state index is -0.732. The molecule has 0 fully saturated rings. The van der Waals surface area contributed by atoms with Gasteiger partial charge in [0.1, 0.15) is 0 Å². The highest BCUT2D eigenvalue weighted by Crippen LogP contribution is 2.25. The summed E-state index contributed by atoms with van der Waals surface area (Å²) in [4.78, 5) is 32.7. The van der Waals surface area contributed by atoms with E-state index < -0.39 is 17.4 Å². The van der Waals surface area contributed by atoms with Gasteiger partial charge in [-0.25, -0.2) is 10.3 Å². The standard InChI is InChI=1S/C12H17N3O4S/c1-6-13-19-10(17)8-7(14-11(18-5)20-8)9(16)15-12(2,3)4/h6,13H,1H2,2-5H3,(H,15,16). The fourth-order valence-electron chi connectivity index (χ4n) is 1.22. The zero-order chi connectivity index (χ0) is 15.3. The van der Waals surface area contributed by atoms with Gasteiger partial charge in [0.25, 0.3) is 11.1 Å². The molecule has 0 aliphatic heterocycles. The first-order valence-corrected chi connectivity index (χ1v) is 6.55. The molecule has 0 atom stereocenters. The van der Waals surface area contributed by atoms with Crippen molar-refractivity contribution in [3.63, 3.8) is 0 Å². The first-order chi connectivity index (χ1) is 9.28. The summed E-state index contributed by atoms with van der Waals surface area (Å²) in [5, 5.41) is 2.93. The number of nitrogens with zero attached hydrogens (tertiary/aromatic N) is 1. The van der Waals surface area contributed by atoms with Crippen LogP contribution in [-0.2, 0) is 4.84 Å². The summed E-state index contributed by atoms with van der Waals surface area (Å²) < 4.78 is 4.95. The van der Waals surface area contributed by atoms with Crippen molar-refractivity contribution in [1.29, 1.82) is 0 Å². The maximum Gasteiger partial charge on any atom is 0.375 e. The molecule has 0 aromatic carbocycles. The highest BCUT2D eigenvalue weighted by atomic mass is 32.1. The predicted octanol–water partition coefficient (Wildman–Crippen LogP) is 1.48. The highest BCUT2D eigenvalue weighted by Gasteiger charge is 2.27. The van der Waals surface area contributed by atoms with Crippen LogP contribution in [0, 0.1) is 0 Å². The Balaban J connectivity index is 3.05. The molecule has 0 aliphatic rings. The van der Waals surface area contributed by atoms with Crippen LogP contribution in [0.25, 0.3) is 0 Å². The number of amides is 1. The topological polar surface area (TPSA) is 89.6 Å². The van der Waals surface area contributed by atoms with Crippen LogP contribution in [0.3, 0.4) is 0 Å². The number of hydrogen-bond acceptors (Lipinski definition) is 7. The van der Waals surface area contributed by atoms with Gasteiger partial charge in [0.2, 0.25) is 0 Å². The number of ether oxygens (including phenoxy) is 1. The average Bonchev–Trinajstić information content (AvgIpc) is 2.78. The second kappa shape index (κ2) is 6.38. The minimum absolute atomic E-state index is 0.0300. The molecular formula is C12H17N3O4S. The molecule has 7 nitrogen and oxygen atoms in total. The number of carbonyl (C=O) groups excluding carboxylic acids is 2. The lowest BCUT2D eigenvalue weighted by Crippen LogP contribution is -2.41. The van der Waals surface area contributed by atoms with Crippen molar-refractivity contribution < 1.29 is 19.2 Å². The van der Waals surface area contributed by atoms with Crippen molar-refractivity contribution in [2.45, 2.75) is 26.3 Å². The van der Waals surface area contributed by atoms with Gasteiger partial charge in [-0.05, 0) is 20.8 Å². The Morgan fingerprint density at radius 2 is 2.05 bits per heavy atom. The lowest BCUT2D eigenvalue weighted by atomic mass is 10.1. The van der Waals surface area contributed by atoms with E-state index in [0.29, 0.717) is 0 Å². The molecule has 1 amide bonds. The van der Waals surface area contributed by atoms with Crippen LogP contribution >= 0.6 is 11.3 Å². The Hall–Kier alpha value is -2.09. The van der Waals surface area contributed by atoms with E-state index in [1.165, 1.54) is 13.3 Å². The Kier molecular flexibility index (Phi) is 5.09. The third-order valence-electron chi connectivity index (χ3n) is 1.91. The largest absolute Gasteiger partial charge is 0.473 e. The van der Waals surface area contributed by atoms with Crippen LogP contribution in [0.2, 0.25) is 0 Å². The lowest BCUT2D eigenvalue weighted by Gasteiger charge is -2.19. The molecule has 1 aromatic rings. The quantitative estimate of drug-likeness (QED) is 0.801. The van der Waals surface area contributed by atoms with Gasteiger partial charge in [0.15, 0.2) is 10.6 Å². The van der Waals surface area contributed by atoms with Gasteiger partial charge in [-0.2, -0.15) is 4.98 Å². The Morgan fingerprint density at radius 1 is 1.40 bits per heavy atom. The predicted molar refractivity (Wildman–Crippen MR) is 74.6 cm³/mol. The van der Waals surface area contributed by atoms with Gasteiger partial charge in [-0.1, -0.05) is 17.9 Å². The van der Waals surface area contributed by atoms with Crippen LogP contribution in [-0.4, -0.2) is 29.5 Å². The molecule has 110 valence electrons. The first-order valence-electron chi connectivity index (χ1n) is 5.73. The summed E-state index contributed by atoms with van der Waals surface area (Å²) in [7, 11) is 1.40. The van der Waals surface area contributed by atoms with Crippen molar-refractivity contribution in [1.82, 2.24) is 15.8 Å². The summed E-state index contributed by atoms with van der Waals surface area (Å²) in [6.07, 6.45) is 1.20. The maximum absolute atomic E-state index is 12.1. The summed E-state index contributed by atoms with van der Waals surface area (Å²) in [5.41, 5.74) is 1.73. The van der Waals surface area contributed by atoms with Gasteiger partial charge >= 0.3 is 5.97 Å². The smallest absolute Gasteiger partial charge is 0.375 e. The van der Waals surface area contributed by atoms with E-state index in [4.69, 9.17) is 4.74 Å². The van der Waals surface area contributed by atoms with E-state index in [9.17, 15) is 9.59 Å². The third kappa shape index (κ3) is 4.23. The van der Waals surface area contributed by atoms with Gasteiger partial charge in [0.05, 0.1) is 7.11 Å². The summed E-state index contributed by atoms with van der Waals surface area (Å²) in [6, 6.07) is 0. The second-order valence-corrected chi connectivity index (χ2v) is 5.74. The summed E-state index contributed by atoms with van der Waals surface area (Å²) >= 11 is 0.929. The highest BCUT2D eigenvalue weighted by molar-refractivity contribution is 7.15. The molecule has 0 saturated heterocycles. The van der Waals surface area contributed by atoms with Crippen molar-refractivity contribution in [2.75, 3.05) is 7.11 Å². The van der Waals surface area contributed by atoms with Crippen LogP contribution < -0.4 is 15.5 Å². The van der Waals surface area contributed by atoms with E-state index in [0.717, 1.165) is 11.3 Å². The number of aromatic nitrogens is 1. The number of methoxy groups -OCH3 is 1. The number of hydroxylamine groups is 1. The zero-order valence-electron chi connectivity index (χ0n) is 11.8. The van der Waals surface area contributed by atoms with E-state index in [1.54, 1.807) is 0 Å². The number of thiazole rings is 1. The lowest BCUT2D eigenvalue weighted by molar-refractivity contribution is 0.0352. The molecule has 20 heavy (non-hydrogen) atoms. The maximum atomic E-state index is 12.1. The molecule has 0 spiro atoms. The molecule has 0 aliphatic carbocycles. The SMILES string of the molecule is C=CNOC(=O)c1sc(OC)nc1C(=O)NC(C)(C)C. The van der Waals surface area contributed by atoms with Crippen LogP contribution in [0.15, 0.2) is 12.8 Å². The van der Waals surface area contributed by atoms with Gasteiger partial charge in [0, 0.05) is 11.7 Å². The third-order valence-corrected chi connectivity index (χ3v) is 2.90. The van der Waals surface area contributed by atoms with E-state index >= 15 is 0 Å². The van der Waals surface area contributed by atoms with Crippen molar-refractivity contribution in [3.05, 3.63) is 23.3 Å². The monoisotopic (exact) mass is 299 g/mol. The summed E-state index contributed by atoms with van der Waals surface area (Å²) in [6.45, 7) is 8.82. The zero-order valence-corrected chi connectivity index (χ0v) is 12.6. The van der Waals surface area contributed by atoms with Gasteiger partial charge in [-0.3, -0.25) is 4.79 Å². The summed E-state index contributed by atoms with van der Waals surface area (Å²) in [5.74, 6) is -1.20. The molecule has 1 aromatic heterocycles. The van der Waals surface area contributed by atoms with E-state index in [-0.39, 0.29) is 15.8 Å². The molecular weight excluding hydrogens is 282 g/mol. The molecule has 0 radical (unpaired) electrons. The van der Waals surface area contributed by atoms with Crippen LogP contribution in [0.5, 0.6) is 5.19 Å². The molecule has 8 heteroatoms. The van der Waals surface area contributed by atoms with Gasteiger partial charge in [-0.15, -0.1) is 0 Å². The number of carbonyl (C=O) groups is 2. The first kappa shape index (κ1) is 16.0. The Bertz CT molecular complexity index is 519. The second-order valence-electron chi connectivity index (χ2n) is 4.78. The van der Waals surface area contributed by atoms with Crippen molar-refractivity contribution in [3.8, 4) is 5.19 Å². The van der Waals surface area contributed by atoms with E-state index in [1.807, 2.05) is 20.8 Å². The number of hydrogen-bond donors (Lipinski definition) is 2. The van der Waals surface area contributed by atoms with Crippen LogP contribution in [0.4, 0.5) is 0 Å². The normalized spacial score (nSPS) is 10.6. The fraction of sp³-hybridized carbons (Fsp3) is 0.417.